The molecule has 5 N–H and O–H groups in total. The highest BCUT2D eigenvalue weighted by molar-refractivity contribution is 7.98. The third kappa shape index (κ3) is 6.87. The van der Waals surface area contributed by atoms with Crippen LogP contribution in [0.15, 0.2) is 35.5 Å². The summed E-state index contributed by atoms with van der Waals surface area (Å²) in [6, 6.07) is 8.97. The van der Waals surface area contributed by atoms with Crippen LogP contribution >= 0.6 is 11.8 Å². The Kier molecular flexibility index (Phi) is 8.78. The van der Waals surface area contributed by atoms with Crippen molar-refractivity contribution in [3.8, 4) is 0 Å². The number of hydrogen-bond acceptors (Lipinski definition) is 10. The molecule has 6 rings (SSSR count). The van der Waals surface area contributed by atoms with E-state index >= 15 is 0 Å². The van der Waals surface area contributed by atoms with Gasteiger partial charge in [0.05, 0.1) is 6.33 Å². The second kappa shape index (κ2) is 12.8. The summed E-state index contributed by atoms with van der Waals surface area (Å²) in [5.74, 6) is 1.43. The zero-order valence-electron chi connectivity index (χ0n) is 23.7. The van der Waals surface area contributed by atoms with Crippen molar-refractivity contribution >= 4 is 46.5 Å². The van der Waals surface area contributed by atoms with Gasteiger partial charge >= 0.3 is 6.09 Å². The van der Waals surface area contributed by atoms with Crippen LogP contribution in [0.2, 0.25) is 0 Å². The number of nitrogens with one attached hydrogen (secondary N) is 3. The lowest BCUT2D eigenvalue weighted by Gasteiger charge is -2.31. The summed E-state index contributed by atoms with van der Waals surface area (Å²) in [7, 11) is 0. The Morgan fingerprint density at radius 3 is 2.37 bits per heavy atom. The summed E-state index contributed by atoms with van der Waals surface area (Å²) in [5, 5.41) is 11.8. The Labute approximate surface area is 245 Å². The molecule has 3 heterocycles. The molecule has 3 aliphatic rings. The lowest BCUT2D eigenvalue weighted by atomic mass is 9.92. The summed E-state index contributed by atoms with van der Waals surface area (Å²) in [5.41, 5.74) is 8.56. The smallest absolute Gasteiger partial charge is 0.365 e. The lowest BCUT2D eigenvalue weighted by molar-refractivity contribution is -0.106. The number of thioether (sulfide) groups is 1. The molecule has 1 amide bonds. The van der Waals surface area contributed by atoms with E-state index in [9.17, 15) is 4.79 Å². The van der Waals surface area contributed by atoms with Crippen molar-refractivity contribution in [1.29, 1.82) is 0 Å². The average Bonchev–Trinajstić information content (AvgIpc) is 3.66. The van der Waals surface area contributed by atoms with Gasteiger partial charge in [-0.3, -0.25) is 5.32 Å². The van der Waals surface area contributed by atoms with E-state index in [0.717, 1.165) is 78.9 Å². The highest BCUT2D eigenvalue weighted by Crippen LogP contribution is 2.34. The molecular weight excluding hydrogens is 538 g/mol. The van der Waals surface area contributed by atoms with Crippen molar-refractivity contribution in [2.24, 2.45) is 5.73 Å². The molecule has 220 valence electrons. The van der Waals surface area contributed by atoms with Gasteiger partial charge in [0, 0.05) is 47.8 Å². The normalized spacial score (nSPS) is 22.6. The van der Waals surface area contributed by atoms with Gasteiger partial charge < -0.3 is 25.8 Å². The Balaban J connectivity index is 1.10. The number of imidazole rings is 1. The Hall–Kier alpha value is -3.09. The van der Waals surface area contributed by atoms with Gasteiger partial charge in [0.2, 0.25) is 5.95 Å². The fourth-order valence-corrected chi connectivity index (χ4v) is 6.60. The molecule has 0 spiro atoms. The number of carbonyl (C=O) groups excluding carboxylic acids is 1. The molecule has 41 heavy (non-hydrogen) atoms. The topological polar surface area (TPSA) is 135 Å². The molecule has 11 nitrogen and oxygen atoms in total. The molecular formula is C29H41N9O2S. The minimum absolute atomic E-state index is 0.187. The monoisotopic (exact) mass is 579 g/mol. The number of nitrogens with two attached hydrogens (primary N) is 1. The van der Waals surface area contributed by atoms with E-state index in [4.69, 9.17) is 25.5 Å². The van der Waals surface area contributed by atoms with Gasteiger partial charge in [-0.1, -0.05) is 12.8 Å². The van der Waals surface area contributed by atoms with Gasteiger partial charge in [-0.25, -0.2) is 9.78 Å². The molecule has 0 bridgehead atoms. The van der Waals surface area contributed by atoms with Crippen LogP contribution in [0.4, 0.5) is 22.2 Å². The minimum Gasteiger partial charge on any atom is -0.365 e. The molecule has 1 aromatic carbocycles. The number of hydrogen-bond donors (Lipinski definition) is 4. The van der Waals surface area contributed by atoms with Crippen molar-refractivity contribution in [3.63, 3.8) is 0 Å². The van der Waals surface area contributed by atoms with Gasteiger partial charge in [-0.05, 0) is 81.9 Å². The number of benzene rings is 1. The van der Waals surface area contributed by atoms with Crippen LogP contribution in [0, 0.1) is 0 Å². The maximum atomic E-state index is 12.4. The Morgan fingerprint density at radius 1 is 0.951 bits per heavy atom. The summed E-state index contributed by atoms with van der Waals surface area (Å²) in [6.45, 7) is 1.27. The largest absolute Gasteiger partial charge is 0.430 e. The van der Waals surface area contributed by atoms with E-state index in [-0.39, 0.29) is 6.04 Å². The fourth-order valence-electron chi connectivity index (χ4n) is 6.19. The molecule has 2 aromatic heterocycles. The minimum atomic E-state index is -0.470. The highest BCUT2D eigenvalue weighted by Gasteiger charge is 2.27. The van der Waals surface area contributed by atoms with Crippen LogP contribution < -0.4 is 21.7 Å². The van der Waals surface area contributed by atoms with E-state index in [1.807, 2.05) is 36.8 Å². The second-order valence-corrected chi connectivity index (χ2v) is 12.4. The number of aromatic nitrogens is 4. The van der Waals surface area contributed by atoms with Crippen LogP contribution in [0.5, 0.6) is 0 Å². The molecule has 1 saturated heterocycles. The maximum absolute atomic E-state index is 12.4. The Morgan fingerprint density at radius 2 is 1.66 bits per heavy atom. The first-order chi connectivity index (χ1) is 20.0. The van der Waals surface area contributed by atoms with Gasteiger partial charge in [-0.15, -0.1) is 16.8 Å². The van der Waals surface area contributed by atoms with Crippen molar-refractivity contribution in [2.75, 3.05) is 35.3 Å². The molecule has 12 heteroatoms. The van der Waals surface area contributed by atoms with Crippen molar-refractivity contribution < 1.29 is 9.63 Å². The molecule has 0 atom stereocenters. The van der Waals surface area contributed by atoms with Crippen LogP contribution in [0.25, 0.3) is 11.2 Å². The maximum Gasteiger partial charge on any atom is 0.430 e. The lowest BCUT2D eigenvalue weighted by Crippen LogP contribution is -2.41. The molecule has 2 aliphatic carbocycles. The van der Waals surface area contributed by atoms with Crippen molar-refractivity contribution in [1.82, 2.24) is 24.6 Å². The van der Waals surface area contributed by atoms with Crippen LogP contribution in [-0.2, 0) is 4.84 Å². The molecule has 3 aromatic rings. The van der Waals surface area contributed by atoms with Gasteiger partial charge in [0.25, 0.3) is 0 Å². The van der Waals surface area contributed by atoms with E-state index in [0.29, 0.717) is 37.2 Å². The summed E-state index contributed by atoms with van der Waals surface area (Å²) in [4.78, 5) is 33.8. The van der Waals surface area contributed by atoms with Crippen molar-refractivity contribution in [3.05, 3.63) is 30.6 Å². The molecule has 3 fully saturated rings. The zero-order chi connectivity index (χ0) is 28.2. The number of amides is 1. The summed E-state index contributed by atoms with van der Waals surface area (Å²) in [6.07, 6.45) is 14.0. The standard InChI is InChI=1S/C29H41N9O2S/c1-41-24-12-10-21(11-13-24)34-29(39)40-37-16-14-22(15-17-37)32-26-25-27(38(18-31-25)23-4-2-3-5-23)36-28(35-26)33-20-8-6-19(30)7-9-20/h10-13,18-20,22-23H,2-9,14-17,30H2,1H3,(H,34,39)(H2,32,33,35,36)/t19-,20-. The number of fused-ring (bicyclic) bond motifs is 1. The predicted octanol–water partition coefficient (Wildman–Crippen LogP) is 5.39. The van der Waals surface area contributed by atoms with Gasteiger partial charge in [-0.2, -0.15) is 9.97 Å². The van der Waals surface area contributed by atoms with Crippen LogP contribution in [0.3, 0.4) is 0 Å². The Bertz CT molecular complexity index is 1310. The molecule has 0 unspecified atom stereocenters. The third-order valence-electron chi connectivity index (χ3n) is 8.59. The second-order valence-electron chi connectivity index (χ2n) is 11.5. The predicted molar refractivity (Wildman–Crippen MR) is 163 cm³/mol. The number of hydroxylamine groups is 2. The third-order valence-corrected chi connectivity index (χ3v) is 9.33. The molecule has 1 aliphatic heterocycles. The number of nitrogens with zero attached hydrogens (tertiary/aromatic N) is 5. The van der Waals surface area contributed by atoms with E-state index in [1.54, 1.807) is 16.8 Å². The first kappa shape index (κ1) is 28.0. The van der Waals surface area contributed by atoms with Gasteiger partial charge in [0.1, 0.15) is 0 Å². The SMILES string of the molecule is CSc1ccc(NC(=O)ON2CCC(Nc3nc(N[C@H]4CC[C@H](N)CC4)nc4c3ncn4C3CCCC3)CC2)cc1. The quantitative estimate of drug-likeness (QED) is 0.257. The average molecular weight is 580 g/mol. The number of piperidine rings is 1. The summed E-state index contributed by atoms with van der Waals surface area (Å²) < 4.78 is 2.25. The first-order valence-electron chi connectivity index (χ1n) is 14.9. The highest BCUT2D eigenvalue weighted by atomic mass is 32.2. The summed E-state index contributed by atoms with van der Waals surface area (Å²) >= 11 is 1.66. The van der Waals surface area contributed by atoms with E-state index < -0.39 is 6.09 Å². The first-order valence-corrected chi connectivity index (χ1v) is 16.2. The zero-order valence-corrected chi connectivity index (χ0v) is 24.5. The van der Waals surface area contributed by atoms with Crippen molar-refractivity contribution in [2.45, 2.75) is 93.3 Å². The van der Waals surface area contributed by atoms with E-state index in [1.165, 1.54) is 12.8 Å². The fraction of sp³-hybridized carbons (Fsp3) is 0.586. The van der Waals surface area contributed by atoms with Crippen LogP contribution in [0.1, 0.15) is 70.3 Å². The number of carbonyl (C=O) groups is 1. The van der Waals surface area contributed by atoms with Gasteiger partial charge in [0.15, 0.2) is 17.0 Å². The molecule has 2 saturated carbocycles. The van der Waals surface area contributed by atoms with E-state index in [2.05, 4.69) is 20.5 Å². The molecule has 0 radical (unpaired) electrons. The number of anilines is 3. The number of rotatable bonds is 8. The van der Waals surface area contributed by atoms with Crippen LogP contribution in [-0.4, -0.2) is 68.1 Å².